The molecule has 8 nitrogen and oxygen atoms in total. The third-order valence-corrected chi connectivity index (χ3v) is 6.46. The molecule has 0 aliphatic carbocycles. The van der Waals surface area contributed by atoms with Gasteiger partial charge in [-0.1, -0.05) is 0 Å². The van der Waals surface area contributed by atoms with E-state index in [0.717, 1.165) is 19.2 Å². The molecule has 0 atom stereocenters. The number of H-pyrrole nitrogens is 1. The number of likely N-dealkylation sites (tertiary alicyclic amines) is 1. The molecule has 1 saturated heterocycles. The van der Waals surface area contributed by atoms with Crippen LogP contribution in [0.15, 0.2) is 46.3 Å². The monoisotopic (exact) mass is 429 g/mol. The van der Waals surface area contributed by atoms with Crippen LogP contribution < -0.4 is 10.3 Å². The Hall–Kier alpha value is -3.07. The van der Waals surface area contributed by atoms with Gasteiger partial charge < -0.3 is 19.2 Å². The minimum absolute atomic E-state index is 0.123. The maximum absolute atomic E-state index is 12.4. The highest BCUT2D eigenvalue weighted by Gasteiger charge is 2.21. The quantitative estimate of drug-likeness (QED) is 0.645. The molecule has 0 radical (unpaired) electrons. The minimum Gasteiger partial charge on any atom is -0.491 e. The second-order valence-electron chi connectivity index (χ2n) is 7.49. The Labute approximate surface area is 174 Å². The predicted molar refractivity (Wildman–Crippen MR) is 113 cm³/mol. The molecular weight excluding hydrogens is 406 g/mol. The Morgan fingerprint density at radius 1 is 1.17 bits per heavy atom. The lowest BCUT2D eigenvalue weighted by Gasteiger charge is -2.18. The smallest absolute Gasteiger partial charge is 0.274 e. The highest BCUT2D eigenvalue weighted by atomic mass is 32.2. The Kier molecular flexibility index (Phi) is 5.15. The maximum atomic E-state index is 12.4. The summed E-state index contributed by atoms with van der Waals surface area (Å²) in [4.78, 5) is 29.1. The van der Waals surface area contributed by atoms with E-state index in [1.807, 2.05) is 0 Å². The van der Waals surface area contributed by atoms with Crippen LogP contribution >= 0.6 is 0 Å². The first-order valence-electron chi connectivity index (χ1n) is 9.67. The van der Waals surface area contributed by atoms with Gasteiger partial charge in [0.2, 0.25) is 5.91 Å². The number of nitrogens with zero attached hydrogens (tertiary/aromatic N) is 2. The van der Waals surface area contributed by atoms with Gasteiger partial charge in [0.25, 0.3) is 5.56 Å². The van der Waals surface area contributed by atoms with Crippen LogP contribution in [0.4, 0.5) is 0 Å². The average Bonchev–Trinajstić information content (AvgIpc) is 3.34. The topological polar surface area (TPSA) is 101 Å². The summed E-state index contributed by atoms with van der Waals surface area (Å²) >= 11 is 0. The molecule has 2 aromatic heterocycles. The second kappa shape index (κ2) is 7.64. The molecule has 0 spiro atoms. The van der Waals surface area contributed by atoms with Gasteiger partial charge >= 0.3 is 0 Å². The van der Waals surface area contributed by atoms with E-state index in [1.165, 1.54) is 10.6 Å². The number of hydrogen-bond acceptors (Lipinski definition) is 5. The van der Waals surface area contributed by atoms with Crippen molar-refractivity contribution < 1.29 is 17.9 Å². The zero-order valence-electron chi connectivity index (χ0n) is 16.8. The molecular formula is C21H23N3O5S. The highest BCUT2D eigenvalue weighted by Crippen LogP contribution is 2.35. The van der Waals surface area contributed by atoms with E-state index in [2.05, 4.69) is 4.98 Å². The maximum Gasteiger partial charge on any atom is 0.274 e. The van der Waals surface area contributed by atoms with Gasteiger partial charge in [-0.25, -0.2) is 8.42 Å². The largest absolute Gasteiger partial charge is 0.491 e. The van der Waals surface area contributed by atoms with Crippen LogP contribution in [-0.2, 0) is 21.7 Å². The Bertz CT molecular complexity index is 1290. The number of carbonyl (C=O) groups excluding carboxylic acids is 1. The van der Waals surface area contributed by atoms with Crippen LogP contribution in [0.5, 0.6) is 5.75 Å². The summed E-state index contributed by atoms with van der Waals surface area (Å²) in [6.45, 7) is 1.49. The summed E-state index contributed by atoms with van der Waals surface area (Å²) in [5.74, 6) is 0.619. The number of rotatable bonds is 6. The SMILES string of the molecule is Cn1cc(-c2cc(S(C)(=O)=O)ccc2OCCN2CCCC2=O)c2cc[nH]c2c1=O. The lowest BCUT2D eigenvalue weighted by atomic mass is 10.0. The zero-order chi connectivity index (χ0) is 21.5. The molecule has 30 heavy (non-hydrogen) atoms. The second-order valence-corrected chi connectivity index (χ2v) is 9.50. The van der Waals surface area contributed by atoms with E-state index in [1.54, 1.807) is 42.5 Å². The van der Waals surface area contributed by atoms with Crippen molar-refractivity contribution in [2.24, 2.45) is 7.05 Å². The number of hydrogen-bond donors (Lipinski definition) is 1. The number of nitrogens with one attached hydrogen (secondary N) is 1. The van der Waals surface area contributed by atoms with Crippen LogP contribution in [0.25, 0.3) is 22.0 Å². The molecule has 9 heteroatoms. The molecule has 1 aliphatic rings. The molecule has 0 unspecified atom stereocenters. The minimum atomic E-state index is -3.43. The normalized spacial score (nSPS) is 14.6. The number of carbonyl (C=O) groups is 1. The molecule has 158 valence electrons. The van der Waals surface area contributed by atoms with Crippen LogP contribution in [0.1, 0.15) is 12.8 Å². The molecule has 1 N–H and O–H groups in total. The Balaban J connectivity index is 1.77. The Morgan fingerprint density at radius 3 is 2.67 bits per heavy atom. The number of amides is 1. The molecule has 0 bridgehead atoms. The van der Waals surface area contributed by atoms with E-state index in [-0.39, 0.29) is 16.4 Å². The number of aromatic amines is 1. The summed E-state index contributed by atoms with van der Waals surface area (Å²) in [5.41, 5.74) is 1.53. The van der Waals surface area contributed by atoms with Crippen molar-refractivity contribution in [1.29, 1.82) is 0 Å². The highest BCUT2D eigenvalue weighted by molar-refractivity contribution is 7.90. The van der Waals surface area contributed by atoms with Gasteiger partial charge in [0.05, 0.1) is 11.4 Å². The molecule has 1 amide bonds. The van der Waals surface area contributed by atoms with Crippen LogP contribution in [-0.4, -0.2) is 54.7 Å². The number of ether oxygens (including phenoxy) is 1. The fraction of sp³-hybridized carbons (Fsp3) is 0.333. The van der Waals surface area contributed by atoms with Gasteiger partial charge in [0.1, 0.15) is 17.9 Å². The van der Waals surface area contributed by atoms with Gasteiger partial charge in [0.15, 0.2) is 9.84 Å². The van der Waals surface area contributed by atoms with Crippen molar-refractivity contribution in [1.82, 2.24) is 14.5 Å². The first-order valence-corrected chi connectivity index (χ1v) is 11.6. The van der Waals surface area contributed by atoms with Gasteiger partial charge in [-0.05, 0) is 30.7 Å². The fourth-order valence-corrected chi connectivity index (χ4v) is 4.41. The lowest BCUT2D eigenvalue weighted by Crippen LogP contribution is -2.29. The van der Waals surface area contributed by atoms with Gasteiger partial charge in [-0.3, -0.25) is 9.59 Å². The average molecular weight is 429 g/mol. The number of aromatic nitrogens is 2. The zero-order valence-corrected chi connectivity index (χ0v) is 17.7. The molecule has 0 saturated carbocycles. The number of benzene rings is 1. The molecule has 1 aliphatic heterocycles. The number of sulfone groups is 1. The van der Waals surface area contributed by atoms with E-state index < -0.39 is 9.84 Å². The van der Waals surface area contributed by atoms with Crippen molar-refractivity contribution >= 4 is 26.6 Å². The number of fused-ring (bicyclic) bond motifs is 1. The van der Waals surface area contributed by atoms with E-state index >= 15 is 0 Å². The summed E-state index contributed by atoms with van der Waals surface area (Å²) in [6, 6.07) is 6.48. The first kappa shape index (κ1) is 20.2. The molecule has 3 aromatic rings. The fourth-order valence-electron chi connectivity index (χ4n) is 3.77. The van der Waals surface area contributed by atoms with E-state index in [4.69, 9.17) is 4.74 Å². The predicted octanol–water partition coefficient (Wildman–Crippen LogP) is 1.94. The van der Waals surface area contributed by atoms with Crippen molar-refractivity contribution in [2.75, 3.05) is 26.0 Å². The van der Waals surface area contributed by atoms with E-state index in [9.17, 15) is 18.0 Å². The van der Waals surface area contributed by atoms with Gasteiger partial charge in [-0.15, -0.1) is 0 Å². The first-order chi connectivity index (χ1) is 14.3. The summed E-state index contributed by atoms with van der Waals surface area (Å²) in [6.07, 6.45) is 5.93. The number of pyridine rings is 1. The summed E-state index contributed by atoms with van der Waals surface area (Å²) in [5, 5.41) is 0.684. The number of aryl methyl sites for hydroxylation is 1. The van der Waals surface area contributed by atoms with Crippen molar-refractivity contribution in [3.63, 3.8) is 0 Å². The van der Waals surface area contributed by atoms with Gasteiger partial charge in [-0.2, -0.15) is 0 Å². The summed E-state index contributed by atoms with van der Waals surface area (Å²) in [7, 11) is -1.79. The van der Waals surface area contributed by atoms with E-state index in [0.29, 0.717) is 47.4 Å². The lowest BCUT2D eigenvalue weighted by molar-refractivity contribution is -0.128. The van der Waals surface area contributed by atoms with Crippen LogP contribution in [0.2, 0.25) is 0 Å². The van der Waals surface area contributed by atoms with Crippen molar-refractivity contribution in [2.45, 2.75) is 17.7 Å². The standard InChI is InChI=1S/C21H23N3O5S/c1-23-13-17(15-7-8-22-20(15)21(23)26)16-12-14(30(2,27)28)5-6-18(16)29-11-10-24-9-3-4-19(24)25/h5-8,12-13,22H,3-4,9-11H2,1-2H3. The summed E-state index contributed by atoms with van der Waals surface area (Å²) < 4.78 is 31.7. The van der Waals surface area contributed by atoms with Crippen LogP contribution in [0, 0.1) is 0 Å². The molecule has 3 heterocycles. The third-order valence-electron chi connectivity index (χ3n) is 5.35. The van der Waals surface area contributed by atoms with Crippen molar-refractivity contribution in [3.8, 4) is 16.9 Å². The van der Waals surface area contributed by atoms with Gasteiger partial charge in [0, 0.05) is 55.2 Å². The van der Waals surface area contributed by atoms with Crippen molar-refractivity contribution in [3.05, 3.63) is 47.0 Å². The third kappa shape index (κ3) is 3.72. The van der Waals surface area contributed by atoms with Crippen LogP contribution in [0.3, 0.4) is 0 Å². The Morgan fingerprint density at radius 2 is 1.97 bits per heavy atom. The molecule has 1 fully saturated rings. The molecule has 1 aromatic carbocycles. The molecule has 4 rings (SSSR count).